The van der Waals surface area contributed by atoms with Crippen LogP contribution in [0.15, 0.2) is 30.3 Å². The third kappa shape index (κ3) is 5.76. The number of benzene rings is 1. The molecular formula is C14H21NO4S2. The Kier molecular flexibility index (Phi) is 5.40. The van der Waals surface area contributed by atoms with Crippen molar-refractivity contribution >= 4 is 19.9 Å². The van der Waals surface area contributed by atoms with Crippen LogP contribution in [-0.4, -0.2) is 40.6 Å². The molecule has 1 aliphatic rings. The largest absolute Gasteiger partial charge is 0.229 e. The fourth-order valence-electron chi connectivity index (χ4n) is 2.46. The fraction of sp³-hybridized carbons (Fsp3) is 0.571. The molecular weight excluding hydrogens is 310 g/mol. The summed E-state index contributed by atoms with van der Waals surface area (Å²) in [6.45, 7) is 0.229. The van der Waals surface area contributed by atoms with Crippen LogP contribution >= 0.6 is 0 Å². The van der Waals surface area contributed by atoms with Crippen LogP contribution in [0, 0.1) is 5.92 Å². The maximum Gasteiger partial charge on any atom is 0.211 e. The highest BCUT2D eigenvalue weighted by molar-refractivity contribution is 7.91. The first-order chi connectivity index (χ1) is 9.86. The Morgan fingerprint density at radius 1 is 1.19 bits per heavy atom. The van der Waals surface area contributed by atoms with Gasteiger partial charge < -0.3 is 0 Å². The summed E-state index contributed by atoms with van der Waals surface area (Å²) in [4.78, 5) is 0. The van der Waals surface area contributed by atoms with Gasteiger partial charge in [-0.15, -0.1) is 0 Å². The Balaban J connectivity index is 1.72. The molecule has 7 heteroatoms. The summed E-state index contributed by atoms with van der Waals surface area (Å²) in [7, 11) is -6.27. The summed E-state index contributed by atoms with van der Waals surface area (Å²) in [5, 5.41) is 0. The highest BCUT2D eigenvalue weighted by Gasteiger charge is 2.28. The molecule has 0 bridgehead atoms. The minimum Gasteiger partial charge on any atom is -0.229 e. The molecule has 1 N–H and O–H groups in total. The smallest absolute Gasteiger partial charge is 0.211 e. The van der Waals surface area contributed by atoms with Crippen LogP contribution in [0.2, 0.25) is 0 Å². The molecule has 0 radical (unpaired) electrons. The predicted molar refractivity (Wildman–Crippen MR) is 83.3 cm³/mol. The van der Waals surface area contributed by atoms with Crippen molar-refractivity contribution < 1.29 is 16.8 Å². The van der Waals surface area contributed by atoms with Crippen LogP contribution in [-0.2, 0) is 26.3 Å². The SMILES string of the molecule is O=S1(=O)CCC(CNS(=O)(=O)CCCc2ccccc2)C1. The molecule has 118 valence electrons. The van der Waals surface area contributed by atoms with Gasteiger partial charge in [-0.2, -0.15) is 0 Å². The van der Waals surface area contributed by atoms with Gasteiger partial charge in [0, 0.05) is 6.54 Å². The fourth-order valence-corrected chi connectivity index (χ4v) is 5.48. The van der Waals surface area contributed by atoms with Crippen LogP contribution < -0.4 is 4.72 Å². The quantitative estimate of drug-likeness (QED) is 0.807. The van der Waals surface area contributed by atoms with Gasteiger partial charge in [-0.1, -0.05) is 30.3 Å². The van der Waals surface area contributed by atoms with Crippen LogP contribution in [0.1, 0.15) is 18.4 Å². The van der Waals surface area contributed by atoms with Gasteiger partial charge in [0.2, 0.25) is 10.0 Å². The van der Waals surface area contributed by atoms with Crippen molar-refractivity contribution in [1.29, 1.82) is 0 Å². The van der Waals surface area contributed by atoms with Gasteiger partial charge in [0.1, 0.15) is 0 Å². The number of aryl methyl sites for hydroxylation is 1. The van der Waals surface area contributed by atoms with E-state index in [4.69, 9.17) is 0 Å². The van der Waals surface area contributed by atoms with E-state index in [2.05, 4.69) is 4.72 Å². The lowest BCUT2D eigenvalue weighted by molar-refractivity contribution is 0.541. The van der Waals surface area contributed by atoms with E-state index in [1.807, 2.05) is 30.3 Å². The first kappa shape index (κ1) is 16.5. The number of rotatable bonds is 7. The van der Waals surface area contributed by atoms with E-state index in [1.165, 1.54) is 0 Å². The summed E-state index contributed by atoms with van der Waals surface area (Å²) in [6, 6.07) is 9.75. The summed E-state index contributed by atoms with van der Waals surface area (Å²) < 4.78 is 48.9. The van der Waals surface area contributed by atoms with Crippen molar-refractivity contribution in [2.75, 3.05) is 23.8 Å². The van der Waals surface area contributed by atoms with E-state index in [9.17, 15) is 16.8 Å². The number of hydrogen-bond acceptors (Lipinski definition) is 4. The van der Waals surface area contributed by atoms with Crippen molar-refractivity contribution in [3.05, 3.63) is 35.9 Å². The van der Waals surface area contributed by atoms with Gasteiger partial charge in [-0.3, -0.25) is 0 Å². The van der Waals surface area contributed by atoms with Crippen molar-refractivity contribution in [3.63, 3.8) is 0 Å². The van der Waals surface area contributed by atoms with Crippen LogP contribution in [0.3, 0.4) is 0 Å². The Morgan fingerprint density at radius 3 is 2.52 bits per heavy atom. The van der Waals surface area contributed by atoms with Gasteiger partial charge in [0.15, 0.2) is 9.84 Å². The van der Waals surface area contributed by atoms with Gasteiger partial charge in [-0.25, -0.2) is 21.6 Å². The lowest BCUT2D eigenvalue weighted by atomic mass is 10.1. The molecule has 0 saturated carbocycles. The van der Waals surface area contributed by atoms with E-state index in [-0.39, 0.29) is 29.7 Å². The Bertz CT molecular complexity index is 653. The van der Waals surface area contributed by atoms with Gasteiger partial charge in [0.25, 0.3) is 0 Å². The zero-order chi connectivity index (χ0) is 15.3. The second-order valence-corrected chi connectivity index (χ2v) is 9.68. The Hall–Kier alpha value is -0.920. The number of sulfonamides is 1. The molecule has 1 atom stereocenters. The number of sulfone groups is 1. The molecule has 1 saturated heterocycles. The van der Waals surface area contributed by atoms with Crippen molar-refractivity contribution in [2.24, 2.45) is 5.92 Å². The van der Waals surface area contributed by atoms with Gasteiger partial charge in [-0.05, 0) is 30.7 Å². The van der Waals surface area contributed by atoms with E-state index < -0.39 is 19.9 Å². The summed E-state index contributed by atoms with van der Waals surface area (Å²) in [5.41, 5.74) is 1.12. The maximum atomic E-state index is 11.9. The zero-order valence-corrected chi connectivity index (χ0v) is 13.5. The lowest BCUT2D eigenvalue weighted by Crippen LogP contribution is -2.31. The maximum absolute atomic E-state index is 11.9. The molecule has 2 rings (SSSR count). The first-order valence-electron chi connectivity index (χ1n) is 7.08. The van der Waals surface area contributed by atoms with Crippen molar-refractivity contribution in [2.45, 2.75) is 19.3 Å². The molecule has 1 heterocycles. The standard InChI is InChI=1S/C14H21NO4S2/c16-20(17)10-8-14(12-20)11-15-21(18,19)9-4-7-13-5-2-1-3-6-13/h1-3,5-6,14-15H,4,7-12H2. The molecule has 0 amide bonds. The third-order valence-electron chi connectivity index (χ3n) is 3.64. The van der Waals surface area contributed by atoms with E-state index in [0.29, 0.717) is 12.8 Å². The van der Waals surface area contributed by atoms with E-state index >= 15 is 0 Å². The van der Waals surface area contributed by atoms with Crippen molar-refractivity contribution in [3.8, 4) is 0 Å². The van der Waals surface area contributed by atoms with Gasteiger partial charge in [0.05, 0.1) is 17.3 Å². The van der Waals surface area contributed by atoms with Crippen molar-refractivity contribution in [1.82, 2.24) is 4.72 Å². The average molecular weight is 331 g/mol. The lowest BCUT2D eigenvalue weighted by Gasteiger charge is -2.10. The molecule has 0 aromatic heterocycles. The first-order valence-corrected chi connectivity index (χ1v) is 10.6. The highest BCUT2D eigenvalue weighted by atomic mass is 32.2. The minimum atomic E-state index is -3.32. The molecule has 0 aliphatic carbocycles. The van der Waals surface area contributed by atoms with Crippen LogP contribution in [0.25, 0.3) is 0 Å². The molecule has 1 aromatic rings. The van der Waals surface area contributed by atoms with E-state index in [1.54, 1.807) is 0 Å². The second-order valence-electron chi connectivity index (χ2n) is 5.53. The second kappa shape index (κ2) is 6.89. The normalized spacial score (nSPS) is 21.4. The number of hydrogen-bond donors (Lipinski definition) is 1. The highest BCUT2D eigenvalue weighted by Crippen LogP contribution is 2.17. The Labute approximate surface area is 126 Å². The zero-order valence-electron chi connectivity index (χ0n) is 11.9. The van der Waals surface area contributed by atoms with E-state index in [0.717, 1.165) is 12.0 Å². The average Bonchev–Trinajstić information content (AvgIpc) is 2.77. The molecule has 21 heavy (non-hydrogen) atoms. The summed E-state index contributed by atoms with van der Waals surface area (Å²) in [5.74, 6) is 0.257. The van der Waals surface area contributed by atoms with Crippen LogP contribution in [0.4, 0.5) is 0 Å². The monoisotopic (exact) mass is 331 g/mol. The molecule has 0 spiro atoms. The van der Waals surface area contributed by atoms with Gasteiger partial charge >= 0.3 is 0 Å². The molecule has 1 unspecified atom stereocenters. The number of nitrogens with one attached hydrogen (secondary N) is 1. The third-order valence-corrected chi connectivity index (χ3v) is 6.91. The summed E-state index contributed by atoms with van der Waals surface area (Å²) >= 11 is 0. The molecule has 1 fully saturated rings. The van der Waals surface area contributed by atoms with Crippen LogP contribution in [0.5, 0.6) is 0 Å². The Morgan fingerprint density at radius 2 is 1.90 bits per heavy atom. The summed E-state index contributed by atoms with van der Waals surface area (Å²) in [6.07, 6.45) is 1.83. The predicted octanol–water partition coefficient (Wildman–Crippen LogP) is 0.973. The minimum absolute atomic E-state index is 0.0708. The molecule has 5 nitrogen and oxygen atoms in total. The molecule has 1 aromatic carbocycles. The molecule has 1 aliphatic heterocycles. The topological polar surface area (TPSA) is 80.3 Å².